The predicted octanol–water partition coefficient (Wildman–Crippen LogP) is 3.30. The van der Waals surface area contributed by atoms with E-state index in [4.69, 9.17) is 5.26 Å². The second-order valence-electron chi connectivity index (χ2n) is 4.17. The first-order valence-electron chi connectivity index (χ1n) is 5.69. The zero-order chi connectivity index (χ0) is 13.0. The highest BCUT2D eigenvalue weighted by Gasteiger charge is 2.00. The number of hydrogen-bond donors (Lipinski definition) is 1. The Morgan fingerprint density at radius 2 is 1.89 bits per heavy atom. The van der Waals surface area contributed by atoms with E-state index in [1.165, 1.54) is 21.9 Å². The monoisotopic (exact) mass is 257 g/mol. The highest BCUT2D eigenvalue weighted by atomic mass is 32.1. The Morgan fingerprint density at radius 3 is 2.44 bits per heavy atom. The van der Waals surface area contributed by atoms with Gasteiger partial charge in [-0.05, 0) is 36.4 Å². The van der Waals surface area contributed by atoms with Crippen LogP contribution in [0.3, 0.4) is 0 Å². The summed E-state index contributed by atoms with van der Waals surface area (Å²) in [5, 5.41) is 12.1. The number of thiophene rings is 1. The van der Waals surface area contributed by atoms with Crippen LogP contribution in [0.15, 0.2) is 36.4 Å². The van der Waals surface area contributed by atoms with Gasteiger partial charge in [0.25, 0.3) is 0 Å². The maximum absolute atomic E-state index is 8.75. The first kappa shape index (κ1) is 12.5. The number of anilines is 2. The minimum atomic E-state index is 0.758. The average molecular weight is 257 g/mol. The van der Waals surface area contributed by atoms with Gasteiger partial charge >= 0.3 is 0 Å². The lowest BCUT2D eigenvalue weighted by molar-refractivity contribution is 1.13. The van der Waals surface area contributed by atoms with Crippen LogP contribution in [0.2, 0.25) is 0 Å². The summed E-state index contributed by atoms with van der Waals surface area (Å²) in [7, 11) is 4.05. The van der Waals surface area contributed by atoms with Gasteiger partial charge < -0.3 is 10.2 Å². The van der Waals surface area contributed by atoms with Gasteiger partial charge in [0.05, 0.1) is 0 Å². The van der Waals surface area contributed by atoms with Crippen LogP contribution < -0.4 is 10.2 Å². The van der Waals surface area contributed by atoms with Gasteiger partial charge in [0.1, 0.15) is 10.9 Å². The molecule has 0 amide bonds. The Morgan fingerprint density at radius 1 is 1.17 bits per heavy atom. The van der Waals surface area contributed by atoms with Crippen molar-refractivity contribution in [3.05, 3.63) is 46.2 Å². The molecule has 0 radical (unpaired) electrons. The Kier molecular flexibility index (Phi) is 3.85. The van der Waals surface area contributed by atoms with Gasteiger partial charge in [-0.25, -0.2) is 0 Å². The van der Waals surface area contributed by atoms with Gasteiger partial charge in [-0.3, -0.25) is 0 Å². The van der Waals surface area contributed by atoms with E-state index in [0.717, 1.165) is 17.1 Å². The molecule has 0 unspecified atom stereocenters. The molecule has 0 bridgehead atoms. The van der Waals surface area contributed by atoms with Crippen LogP contribution >= 0.6 is 11.3 Å². The van der Waals surface area contributed by atoms with Crippen molar-refractivity contribution in [2.75, 3.05) is 24.3 Å². The van der Waals surface area contributed by atoms with Crippen LogP contribution in [0, 0.1) is 11.3 Å². The van der Waals surface area contributed by atoms with Crippen LogP contribution in [0.5, 0.6) is 0 Å². The molecule has 2 aromatic rings. The smallest absolute Gasteiger partial charge is 0.110 e. The molecular formula is C14H15N3S. The summed E-state index contributed by atoms with van der Waals surface area (Å²) >= 11 is 1.53. The number of benzene rings is 1. The van der Waals surface area contributed by atoms with Crippen LogP contribution in [-0.2, 0) is 6.54 Å². The summed E-state index contributed by atoms with van der Waals surface area (Å²) in [5.41, 5.74) is 2.27. The maximum Gasteiger partial charge on any atom is 0.110 e. The van der Waals surface area contributed by atoms with Crippen molar-refractivity contribution in [1.82, 2.24) is 0 Å². The molecule has 3 nitrogen and oxygen atoms in total. The van der Waals surface area contributed by atoms with Crippen LogP contribution in [0.4, 0.5) is 11.4 Å². The van der Waals surface area contributed by atoms with Crippen molar-refractivity contribution >= 4 is 22.7 Å². The number of rotatable bonds is 4. The number of nitrogens with zero attached hydrogens (tertiary/aromatic N) is 2. The number of hydrogen-bond acceptors (Lipinski definition) is 4. The van der Waals surface area contributed by atoms with Crippen molar-refractivity contribution in [3.63, 3.8) is 0 Å². The molecule has 92 valence electrons. The lowest BCUT2D eigenvalue weighted by Crippen LogP contribution is -2.08. The van der Waals surface area contributed by atoms with Crippen molar-refractivity contribution in [2.24, 2.45) is 0 Å². The second kappa shape index (κ2) is 5.56. The van der Waals surface area contributed by atoms with Crippen LogP contribution in [0.25, 0.3) is 0 Å². The first-order chi connectivity index (χ1) is 8.69. The number of nitrogens with one attached hydrogen (secondary N) is 1. The lowest BCUT2D eigenvalue weighted by Gasteiger charge is -2.13. The highest BCUT2D eigenvalue weighted by Crippen LogP contribution is 2.19. The average Bonchev–Trinajstić information content (AvgIpc) is 2.85. The molecule has 0 saturated carbocycles. The summed E-state index contributed by atoms with van der Waals surface area (Å²) in [6, 6.07) is 14.3. The molecule has 0 saturated heterocycles. The quantitative estimate of drug-likeness (QED) is 0.913. The van der Waals surface area contributed by atoms with Crippen LogP contribution in [0.1, 0.15) is 9.75 Å². The largest absolute Gasteiger partial charge is 0.380 e. The molecule has 1 heterocycles. The van der Waals surface area contributed by atoms with Crippen molar-refractivity contribution in [3.8, 4) is 6.07 Å². The highest BCUT2D eigenvalue weighted by molar-refractivity contribution is 7.12. The van der Waals surface area contributed by atoms with Gasteiger partial charge in [-0.2, -0.15) is 5.26 Å². The zero-order valence-electron chi connectivity index (χ0n) is 10.5. The third-order valence-corrected chi connectivity index (χ3v) is 3.61. The summed E-state index contributed by atoms with van der Waals surface area (Å²) in [6.45, 7) is 0.758. The molecule has 2 rings (SSSR count). The molecule has 1 aromatic heterocycles. The Labute approximate surface area is 111 Å². The molecule has 18 heavy (non-hydrogen) atoms. The predicted molar refractivity (Wildman–Crippen MR) is 77.1 cm³/mol. The van der Waals surface area contributed by atoms with Gasteiger partial charge in [-0.15, -0.1) is 11.3 Å². The lowest BCUT2D eigenvalue weighted by atomic mass is 10.2. The second-order valence-corrected chi connectivity index (χ2v) is 5.34. The maximum atomic E-state index is 8.75. The molecular weight excluding hydrogens is 242 g/mol. The molecule has 0 spiro atoms. The van der Waals surface area contributed by atoms with Gasteiger partial charge in [0, 0.05) is 36.9 Å². The van der Waals surface area contributed by atoms with Crippen molar-refractivity contribution in [2.45, 2.75) is 6.54 Å². The Balaban J connectivity index is 1.96. The third-order valence-electron chi connectivity index (χ3n) is 2.62. The van der Waals surface area contributed by atoms with Gasteiger partial charge in [-0.1, -0.05) is 0 Å². The zero-order valence-corrected chi connectivity index (χ0v) is 11.3. The van der Waals surface area contributed by atoms with E-state index in [1.807, 2.05) is 26.2 Å². The summed E-state index contributed by atoms with van der Waals surface area (Å²) in [6.07, 6.45) is 0. The van der Waals surface area contributed by atoms with Crippen molar-refractivity contribution < 1.29 is 0 Å². The van der Waals surface area contributed by atoms with E-state index >= 15 is 0 Å². The summed E-state index contributed by atoms with van der Waals surface area (Å²) in [4.78, 5) is 4.00. The van der Waals surface area contributed by atoms with E-state index in [-0.39, 0.29) is 0 Å². The molecule has 0 fully saturated rings. The van der Waals surface area contributed by atoms with Crippen molar-refractivity contribution in [1.29, 1.82) is 5.26 Å². The number of nitriles is 1. The molecule has 0 aliphatic carbocycles. The van der Waals surface area contributed by atoms with E-state index in [9.17, 15) is 0 Å². The fraction of sp³-hybridized carbons (Fsp3) is 0.214. The first-order valence-corrected chi connectivity index (χ1v) is 6.51. The molecule has 0 aliphatic rings. The summed E-state index contributed by atoms with van der Waals surface area (Å²) in [5.74, 6) is 0. The normalized spacial score (nSPS) is 9.83. The van der Waals surface area contributed by atoms with E-state index in [1.54, 1.807) is 0 Å². The molecule has 1 N–H and O–H groups in total. The molecule has 0 aliphatic heterocycles. The molecule has 1 aromatic carbocycles. The molecule has 4 heteroatoms. The van der Waals surface area contributed by atoms with Gasteiger partial charge in [0.2, 0.25) is 0 Å². The minimum absolute atomic E-state index is 0.758. The van der Waals surface area contributed by atoms with Gasteiger partial charge in [0.15, 0.2) is 0 Å². The third kappa shape index (κ3) is 3.02. The van der Waals surface area contributed by atoms with E-state index < -0.39 is 0 Å². The molecule has 0 atom stereocenters. The van der Waals surface area contributed by atoms with Crippen LogP contribution in [-0.4, -0.2) is 14.1 Å². The summed E-state index contributed by atoms with van der Waals surface area (Å²) < 4.78 is 0. The minimum Gasteiger partial charge on any atom is -0.380 e. The van der Waals surface area contributed by atoms with E-state index in [0.29, 0.717) is 0 Å². The SMILES string of the molecule is CN(C)c1ccc(NCc2ccc(C#N)s2)cc1. The fourth-order valence-corrected chi connectivity index (χ4v) is 2.34. The Hall–Kier alpha value is -1.99. The topological polar surface area (TPSA) is 39.1 Å². The fourth-order valence-electron chi connectivity index (χ4n) is 1.60. The Bertz CT molecular complexity index is 549. The standard InChI is InChI=1S/C14H15N3S/c1-17(2)12-5-3-11(4-6-12)16-10-14-8-7-13(9-15)18-14/h3-8,16H,10H2,1-2H3. The van der Waals surface area contributed by atoms with E-state index in [2.05, 4.69) is 40.6 Å².